The molecule has 0 radical (unpaired) electrons. The molecule has 0 bridgehead atoms. The molecule has 0 fully saturated rings. The molecule has 0 saturated heterocycles. The molecule has 0 aliphatic carbocycles. The second-order valence-electron chi connectivity index (χ2n) is 4.78. The number of nitro benzene ring substituents is 1. The SMILES string of the molecule is CCOc1ccc(Nc2ccc(C(N)=O)cc2[N+](=O)[O-])cc1OC. The van der Waals surface area contributed by atoms with E-state index in [1.54, 1.807) is 18.2 Å². The summed E-state index contributed by atoms with van der Waals surface area (Å²) in [5, 5.41) is 14.2. The number of methoxy groups -OCH3 is 1. The van der Waals surface area contributed by atoms with Gasteiger partial charge in [-0.25, -0.2) is 0 Å². The summed E-state index contributed by atoms with van der Waals surface area (Å²) >= 11 is 0. The van der Waals surface area contributed by atoms with E-state index in [4.69, 9.17) is 15.2 Å². The lowest BCUT2D eigenvalue weighted by Gasteiger charge is -2.12. The molecule has 0 saturated carbocycles. The van der Waals surface area contributed by atoms with Crippen LogP contribution in [0.2, 0.25) is 0 Å². The van der Waals surface area contributed by atoms with Crippen molar-refractivity contribution in [2.45, 2.75) is 6.92 Å². The average Bonchev–Trinajstić information content (AvgIpc) is 2.56. The molecule has 0 atom stereocenters. The van der Waals surface area contributed by atoms with Crippen LogP contribution in [0.5, 0.6) is 11.5 Å². The molecule has 1 amide bonds. The Morgan fingerprint density at radius 3 is 2.58 bits per heavy atom. The van der Waals surface area contributed by atoms with Gasteiger partial charge in [0.15, 0.2) is 11.5 Å². The van der Waals surface area contributed by atoms with Crippen LogP contribution in [0.25, 0.3) is 0 Å². The number of anilines is 2. The maximum atomic E-state index is 11.2. The van der Waals surface area contributed by atoms with E-state index in [1.807, 2.05) is 6.92 Å². The molecular formula is C16H17N3O5. The second kappa shape index (κ2) is 7.32. The summed E-state index contributed by atoms with van der Waals surface area (Å²) in [6.45, 7) is 2.35. The fraction of sp³-hybridized carbons (Fsp3) is 0.188. The van der Waals surface area contributed by atoms with Crippen molar-refractivity contribution in [1.29, 1.82) is 0 Å². The normalized spacial score (nSPS) is 10.1. The highest BCUT2D eigenvalue weighted by Crippen LogP contribution is 2.34. The highest BCUT2D eigenvalue weighted by Gasteiger charge is 2.17. The monoisotopic (exact) mass is 331 g/mol. The van der Waals surface area contributed by atoms with Gasteiger partial charge >= 0.3 is 0 Å². The van der Waals surface area contributed by atoms with E-state index in [2.05, 4.69) is 5.32 Å². The lowest BCUT2D eigenvalue weighted by atomic mass is 10.1. The molecule has 2 rings (SSSR count). The van der Waals surface area contributed by atoms with E-state index >= 15 is 0 Å². The van der Waals surface area contributed by atoms with E-state index in [-0.39, 0.29) is 16.9 Å². The number of primary amides is 1. The van der Waals surface area contributed by atoms with Crippen molar-refractivity contribution >= 4 is 23.0 Å². The Labute approximate surface area is 138 Å². The number of rotatable bonds is 7. The Hall–Kier alpha value is -3.29. The highest BCUT2D eigenvalue weighted by atomic mass is 16.6. The third kappa shape index (κ3) is 3.72. The summed E-state index contributed by atoms with van der Waals surface area (Å²) in [5.41, 5.74) is 5.78. The number of hydrogen-bond donors (Lipinski definition) is 2. The molecule has 0 aromatic heterocycles. The Balaban J connectivity index is 2.37. The van der Waals surface area contributed by atoms with Gasteiger partial charge in [0.25, 0.3) is 5.69 Å². The maximum Gasteiger partial charge on any atom is 0.293 e. The molecule has 2 aromatic carbocycles. The first-order valence-corrected chi connectivity index (χ1v) is 7.12. The van der Waals surface area contributed by atoms with E-state index in [0.29, 0.717) is 23.8 Å². The number of nitrogens with one attached hydrogen (secondary N) is 1. The molecule has 0 aliphatic heterocycles. The second-order valence-corrected chi connectivity index (χ2v) is 4.78. The number of carbonyl (C=O) groups excluding carboxylic acids is 1. The van der Waals surface area contributed by atoms with Gasteiger partial charge in [0.05, 0.1) is 18.6 Å². The molecule has 0 spiro atoms. The van der Waals surface area contributed by atoms with Crippen molar-refractivity contribution in [3.63, 3.8) is 0 Å². The highest BCUT2D eigenvalue weighted by molar-refractivity contribution is 5.94. The Bertz CT molecular complexity index is 776. The Morgan fingerprint density at radius 1 is 1.25 bits per heavy atom. The summed E-state index contributed by atoms with van der Waals surface area (Å²) in [6, 6.07) is 9.06. The number of nitro groups is 1. The first-order chi connectivity index (χ1) is 11.5. The molecule has 0 unspecified atom stereocenters. The third-order valence-corrected chi connectivity index (χ3v) is 3.22. The zero-order chi connectivity index (χ0) is 17.7. The number of nitrogens with zero attached hydrogens (tertiary/aromatic N) is 1. The smallest absolute Gasteiger partial charge is 0.293 e. The van der Waals surface area contributed by atoms with Gasteiger partial charge in [-0.05, 0) is 31.2 Å². The summed E-state index contributed by atoms with van der Waals surface area (Å²) in [6.07, 6.45) is 0. The van der Waals surface area contributed by atoms with E-state index in [0.717, 1.165) is 6.07 Å². The van der Waals surface area contributed by atoms with Gasteiger partial charge in [-0.15, -0.1) is 0 Å². The van der Waals surface area contributed by atoms with Crippen molar-refractivity contribution in [2.24, 2.45) is 5.73 Å². The van der Waals surface area contributed by atoms with Crippen molar-refractivity contribution in [2.75, 3.05) is 19.0 Å². The fourth-order valence-electron chi connectivity index (χ4n) is 2.12. The molecule has 3 N–H and O–H groups in total. The summed E-state index contributed by atoms with van der Waals surface area (Å²) in [7, 11) is 1.51. The average molecular weight is 331 g/mol. The summed E-state index contributed by atoms with van der Waals surface area (Å²) in [4.78, 5) is 21.8. The van der Waals surface area contributed by atoms with E-state index in [1.165, 1.54) is 19.2 Å². The van der Waals surface area contributed by atoms with Gasteiger partial charge in [-0.2, -0.15) is 0 Å². The Morgan fingerprint density at radius 2 is 2.00 bits per heavy atom. The maximum absolute atomic E-state index is 11.2. The van der Waals surface area contributed by atoms with Gasteiger partial charge < -0.3 is 20.5 Å². The third-order valence-electron chi connectivity index (χ3n) is 3.22. The Kier molecular flexibility index (Phi) is 5.20. The summed E-state index contributed by atoms with van der Waals surface area (Å²) < 4.78 is 10.7. The van der Waals surface area contributed by atoms with Crippen LogP contribution in [0.1, 0.15) is 17.3 Å². The lowest BCUT2D eigenvalue weighted by molar-refractivity contribution is -0.383. The first-order valence-electron chi connectivity index (χ1n) is 7.12. The van der Waals surface area contributed by atoms with Crippen molar-refractivity contribution in [3.05, 3.63) is 52.1 Å². The molecule has 0 aliphatic rings. The number of benzene rings is 2. The van der Waals surface area contributed by atoms with Crippen LogP contribution < -0.4 is 20.5 Å². The number of hydrogen-bond acceptors (Lipinski definition) is 6. The topological polar surface area (TPSA) is 117 Å². The molecule has 0 heterocycles. The van der Waals surface area contributed by atoms with Crippen LogP contribution >= 0.6 is 0 Å². The molecule has 8 heteroatoms. The standard InChI is InChI=1S/C16H17N3O5/c1-3-24-14-7-5-11(9-15(14)23-2)18-12-6-4-10(16(17)20)8-13(12)19(21)22/h4-9,18H,3H2,1-2H3,(H2,17,20). The molecule has 2 aromatic rings. The predicted octanol–water partition coefficient (Wildman–Crippen LogP) is 2.84. The van der Waals surface area contributed by atoms with Crippen molar-refractivity contribution in [3.8, 4) is 11.5 Å². The zero-order valence-electron chi connectivity index (χ0n) is 13.2. The fourth-order valence-corrected chi connectivity index (χ4v) is 2.12. The predicted molar refractivity (Wildman–Crippen MR) is 89.1 cm³/mol. The minimum atomic E-state index is -0.729. The molecule has 24 heavy (non-hydrogen) atoms. The molecule has 126 valence electrons. The minimum Gasteiger partial charge on any atom is -0.493 e. The lowest BCUT2D eigenvalue weighted by Crippen LogP contribution is -2.11. The quantitative estimate of drug-likeness (QED) is 0.595. The van der Waals surface area contributed by atoms with Gasteiger partial charge in [0.1, 0.15) is 5.69 Å². The summed E-state index contributed by atoms with van der Waals surface area (Å²) in [5.74, 6) is 0.342. The van der Waals surface area contributed by atoms with Crippen LogP contribution in [0.3, 0.4) is 0 Å². The largest absolute Gasteiger partial charge is 0.493 e. The first kappa shape index (κ1) is 17.1. The zero-order valence-corrected chi connectivity index (χ0v) is 13.2. The van der Waals surface area contributed by atoms with Gasteiger partial charge in [0, 0.05) is 23.4 Å². The van der Waals surface area contributed by atoms with Gasteiger partial charge in [-0.3, -0.25) is 14.9 Å². The van der Waals surface area contributed by atoms with E-state index < -0.39 is 10.8 Å². The van der Waals surface area contributed by atoms with Crippen LogP contribution in [-0.2, 0) is 0 Å². The van der Waals surface area contributed by atoms with Gasteiger partial charge in [0.2, 0.25) is 5.91 Å². The number of nitrogens with two attached hydrogens (primary N) is 1. The minimum absolute atomic E-state index is 0.0662. The van der Waals surface area contributed by atoms with Crippen LogP contribution in [0.15, 0.2) is 36.4 Å². The molecular weight excluding hydrogens is 314 g/mol. The van der Waals surface area contributed by atoms with E-state index in [9.17, 15) is 14.9 Å². The van der Waals surface area contributed by atoms with Crippen molar-refractivity contribution in [1.82, 2.24) is 0 Å². The van der Waals surface area contributed by atoms with Crippen molar-refractivity contribution < 1.29 is 19.2 Å². The number of carbonyl (C=O) groups is 1. The van der Waals surface area contributed by atoms with Crippen LogP contribution in [0.4, 0.5) is 17.1 Å². The number of ether oxygens (including phenoxy) is 2. The number of amides is 1. The molecule has 8 nitrogen and oxygen atoms in total. The van der Waals surface area contributed by atoms with Crippen LogP contribution in [0, 0.1) is 10.1 Å². The van der Waals surface area contributed by atoms with Gasteiger partial charge in [-0.1, -0.05) is 0 Å². The van der Waals surface area contributed by atoms with Crippen LogP contribution in [-0.4, -0.2) is 24.5 Å².